The van der Waals surface area contributed by atoms with Gasteiger partial charge in [-0.2, -0.15) is 13.2 Å². The zero-order valence-corrected chi connectivity index (χ0v) is 13.1. The highest BCUT2D eigenvalue weighted by molar-refractivity contribution is 8.14. The van der Waals surface area contributed by atoms with Gasteiger partial charge < -0.3 is 5.32 Å². The number of anilines is 1. The molecule has 0 fully saturated rings. The van der Waals surface area contributed by atoms with Gasteiger partial charge in [-0.15, -0.1) is 0 Å². The summed E-state index contributed by atoms with van der Waals surface area (Å²) >= 11 is 1.57. The number of thioether (sulfide) groups is 1. The third-order valence-electron chi connectivity index (χ3n) is 3.26. The van der Waals surface area contributed by atoms with Crippen LogP contribution in [0, 0.1) is 12.8 Å². The van der Waals surface area contributed by atoms with Gasteiger partial charge >= 0.3 is 6.18 Å². The van der Waals surface area contributed by atoms with Crippen molar-refractivity contribution >= 4 is 22.6 Å². The fraction of sp³-hybridized carbons (Fsp3) is 0.533. The largest absolute Gasteiger partial charge is 0.416 e. The molecule has 0 aromatic heterocycles. The molecule has 1 aliphatic heterocycles. The van der Waals surface area contributed by atoms with Crippen LogP contribution < -0.4 is 5.32 Å². The zero-order valence-electron chi connectivity index (χ0n) is 12.3. The molecule has 0 spiro atoms. The van der Waals surface area contributed by atoms with Gasteiger partial charge in [-0.3, -0.25) is 4.99 Å². The lowest BCUT2D eigenvalue weighted by Gasteiger charge is -2.12. The molecule has 0 saturated heterocycles. The average molecular weight is 316 g/mol. The molecule has 1 aromatic carbocycles. The molecule has 2 rings (SSSR count). The number of aryl methyl sites for hydroxylation is 1. The molecule has 1 heterocycles. The lowest BCUT2D eigenvalue weighted by molar-refractivity contribution is -0.137. The maximum absolute atomic E-state index is 12.8. The van der Waals surface area contributed by atoms with E-state index in [0.29, 0.717) is 16.8 Å². The van der Waals surface area contributed by atoms with Crippen LogP contribution in [0.15, 0.2) is 23.2 Å². The van der Waals surface area contributed by atoms with Crippen LogP contribution in [-0.4, -0.2) is 17.0 Å². The number of alkyl halides is 3. The molecular formula is C15H19F3N2S. The van der Waals surface area contributed by atoms with E-state index in [-0.39, 0.29) is 6.04 Å². The zero-order chi connectivity index (χ0) is 15.6. The molecule has 2 nitrogen and oxygen atoms in total. The number of amidine groups is 1. The maximum atomic E-state index is 12.8. The van der Waals surface area contributed by atoms with E-state index in [0.717, 1.165) is 29.9 Å². The molecule has 1 atom stereocenters. The normalized spacial score (nSPS) is 19.0. The molecule has 6 heteroatoms. The molecule has 1 unspecified atom stereocenters. The number of nitrogens with one attached hydrogen (secondary N) is 1. The van der Waals surface area contributed by atoms with Gasteiger partial charge in [-0.25, -0.2) is 0 Å². The van der Waals surface area contributed by atoms with Gasteiger partial charge in [0.25, 0.3) is 0 Å². The Morgan fingerprint density at radius 2 is 2.10 bits per heavy atom. The fourth-order valence-electron chi connectivity index (χ4n) is 2.20. The van der Waals surface area contributed by atoms with Crippen LogP contribution in [0.1, 0.15) is 31.4 Å². The second kappa shape index (κ2) is 6.30. The predicted octanol–water partition coefficient (Wildman–Crippen LogP) is 4.94. The second-order valence-electron chi connectivity index (χ2n) is 5.68. The third-order valence-corrected chi connectivity index (χ3v) is 4.29. The lowest BCUT2D eigenvalue weighted by atomic mass is 10.1. The molecule has 0 aliphatic carbocycles. The van der Waals surface area contributed by atoms with Crippen molar-refractivity contribution in [2.75, 3.05) is 11.1 Å². The van der Waals surface area contributed by atoms with E-state index >= 15 is 0 Å². The summed E-state index contributed by atoms with van der Waals surface area (Å²) in [7, 11) is 0. The highest BCUT2D eigenvalue weighted by Gasteiger charge is 2.31. The Labute approximate surface area is 127 Å². The number of aliphatic imine (C=N–C) groups is 1. The van der Waals surface area contributed by atoms with E-state index in [1.807, 2.05) is 0 Å². The Morgan fingerprint density at radius 3 is 2.71 bits per heavy atom. The Bertz CT molecular complexity index is 538. The fourth-order valence-corrected chi connectivity index (χ4v) is 3.16. The van der Waals surface area contributed by atoms with E-state index in [1.54, 1.807) is 18.7 Å². The predicted molar refractivity (Wildman–Crippen MR) is 82.9 cm³/mol. The van der Waals surface area contributed by atoms with Gasteiger partial charge in [0.05, 0.1) is 11.6 Å². The summed E-state index contributed by atoms with van der Waals surface area (Å²) in [5.74, 6) is 1.45. The molecule has 1 aromatic rings. The molecule has 0 radical (unpaired) electrons. The van der Waals surface area contributed by atoms with E-state index < -0.39 is 11.7 Å². The van der Waals surface area contributed by atoms with Crippen molar-refractivity contribution in [2.45, 2.75) is 39.4 Å². The SMILES string of the molecule is Cc1ccc(C(F)(F)F)cc1NC1=NC(CC(C)C)CS1. The third kappa shape index (κ3) is 4.40. The van der Waals surface area contributed by atoms with Crippen LogP contribution in [0.25, 0.3) is 0 Å². The Morgan fingerprint density at radius 1 is 1.38 bits per heavy atom. The minimum absolute atomic E-state index is 0.253. The summed E-state index contributed by atoms with van der Waals surface area (Å²) in [5.41, 5.74) is 0.609. The maximum Gasteiger partial charge on any atom is 0.416 e. The van der Waals surface area contributed by atoms with Crippen molar-refractivity contribution in [3.05, 3.63) is 29.3 Å². The van der Waals surface area contributed by atoms with Crippen molar-refractivity contribution in [2.24, 2.45) is 10.9 Å². The molecule has 0 saturated carbocycles. The van der Waals surface area contributed by atoms with Gasteiger partial charge in [0.1, 0.15) is 0 Å². The molecule has 116 valence electrons. The topological polar surface area (TPSA) is 24.4 Å². The van der Waals surface area contributed by atoms with Crippen LogP contribution in [0.3, 0.4) is 0 Å². The van der Waals surface area contributed by atoms with E-state index in [9.17, 15) is 13.2 Å². The Kier molecular flexibility index (Phi) is 4.86. The second-order valence-corrected chi connectivity index (χ2v) is 6.69. The first kappa shape index (κ1) is 16.2. The molecule has 0 amide bonds. The first-order chi connectivity index (χ1) is 9.75. The van der Waals surface area contributed by atoms with Crippen molar-refractivity contribution in [3.8, 4) is 0 Å². The highest BCUT2D eigenvalue weighted by Crippen LogP contribution is 2.33. The number of hydrogen-bond acceptors (Lipinski definition) is 3. The quantitative estimate of drug-likeness (QED) is 0.854. The summed E-state index contributed by atoms with van der Waals surface area (Å²) in [5, 5.41) is 3.75. The first-order valence-electron chi connectivity index (χ1n) is 6.91. The van der Waals surface area contributed by atoms with Crippen molar-refractivity contribution in [1.29, 1.82) is 0 Å². The number of rotatable bonds is 3. The van der Waals surface area contributed by atoms with Gasteiger partial charge in [-0.05, 0) is 37.0 Å². The number of benzene rings is 1. The summed E-state index contributed by atoms with van der Waals surface area (Å²) in [6.45, 7) is 6.07. The van der Waals surface area contributed by atoms with Crippen molar-refractivity contribution in [3.63, 3.8) is 0 Å². The summed E-state index contributed by atoms with van der Waals surface area (Å²) < 4.78 is 38.3. The van der Waals surface area contributed by atoms with E-state index in [4.69, 9.17) is 0 Å². The number of hydrogen-bond donors (Lipinski definition) is 1. The molecule has 21 heavy (non-hydrogen) atoms. The standard InChI is InChI=1S/C15H19F3N2S/c1-9(2)6-12-8-21-14(19-12)20-13-7-11(15(16,17)18)5-4-10(13)3/h4-5,7,9,12H,6,8H2,1-3H3,(H,19,20). The smallest absolute Gasteiger partial charge is 0.335 e. The Hall–Kier alpha value is -1.17. The average Bonchev–Trinajstić information content (AvgIpc) is 2.77. The molecular weight excluding hydrogens is 297 g/mol. The van der Waals surface area contributed by atoms with Crippen LogP contribution in [0.2, 0.25) is 0 Å². The minimum Gasteiger partial charge on any atom is -0.335 e. The molecule has 1 aliphatic rings. The van der Waals surface area contributed by atoms with Crippen LogP contribution in [0.4, 0.5) is 18.9 Å². The van der Waals surface area contributed by atoms with Crippen LogP contribution in [-0.2, 0) is 6.18 Å². The molecule has 0 bridgehead atoms. The van der Waals surface area contributed by atoms with Crippen molar-refractivity contribution in [1.82, 2.24) is 0 Å². The first-order valence-corrected chi connectivity index (χ1v) is 7.89. The minimum atomic E-state index is -4.32. The van der Waals surface area contributed by atoms with E-state index in [2.05, 4.69) is 24.2 Å². The van der Waals surface area contributed by atoms with Gasteiger partial charge in [0, 0.05) is 11.4 Å². The lowest BCUT2D eigenvalue weighted by Crippen LogP contribution is -2.10. The van der Waals surface area contributed by atoms with Crippen molar-refractivity contribution < 1.29 is 13.2 Å². The summed E-state index contributed by atoms with van der Waals surface area (Å²) in [6, 6.07) is 3.99. The summed E-state index contributed by atoms with van der Waals surface area (Å²) in [6.07, 6.45) is -3.32. The van der Waals surface area contributed by atoms with Gasteiger partial charge in [0.2, 0.25) is 0 Å². The van der Waals surface area contributed by atoms with Crippen LogP contribution in [0.5, 0.6) is 0 Å². The highest BCUT2D eigenvalue weighted by atomic mass is 32.2. The van der Waals surface area contributed by atoms with Crippen LogP contribution >= 0.6 is 11.8 Å². The number of nitrogens with zero attached hydrogens (tertiary/aromatic N) is 1. The number of halogens is 3. The Balaban J connectivity index is 2.13. The monoisotopic (exact) mass is 316 g/mol. The van der Waals surface area contributed by atoms with Gasteiger partial charge in [-0.1, -0.05) is 31.7 Å². The van der Waals surface area contributed by atoms with E-state index in [1.165, 1.54) is 6.07 Å². The van der Waals surface area contributed by atoms with Gasteiger partial charge in [0.15, 0.2) is 5.17 Å². The summed E-state index contributed by atoms with van der Waals surface area (Å²) in [4.78, 5) is 4.54. The molecule has 1 N–H and O–H groups in total.